The zero-order valence-corrected chi connectivity index (χ0v) is 19.8. The molecule has 35 heavy (non-hydrogen) atoms. The number of halogens is 3. The van der Waals surface area contributed by atoms with Gasteiger partial charge in [-0.05, 0) is 62.4 Å². The van der Waals surface area contributed by atoms with Gasteiger partial charge in [0, 0.05) is 38.8 Å². The van der Waals surface area contributed by atoms with Crippen LogP contribution < -0.4 is 20.7 Å². The third-order valence-corrected chi connectivity index (χ3v) is 6.15. The van der Waals surface area contributed by atoms with Gasteiger partial charge in [-0.25, -0.2) is 4.98 Å². The van der Waals surface area contributed by atoms with Crippen LogP contribution in [0.25, 0.3) is 0 Å². The van der Waals surface area contributed by atoms with Crippen LogP contribution in [0, 0.1) is 0 Å². The largest absolute Gasteiger partial charge is 0.492 e. The Morgan fingerprint density at radius 3 is 2.83 bits per heavy atom. The Bertz CT molecular complexity index is 1050. The molecule has 3 heterocycles. The van der Waals surface area contributed by atoms with E-state index in [0.717, 1.165) is 37.6 Å². The van der Waals surface area contributed by atoms with Crippen molar-refractivity contribution in [3.63, 3.8) is 0 Å². The molecule has 3 N–H and O–H groups in total. The van der Waals surface area contributed by atoms with Crippen LogP contribution in [-0.2, 0) is 23.9 Å². The van der Waals surface area contributed by atoms with Crippen molar-refractivity contribution in [2.75, 3.05) is 43.4 Å². The van der Waals surface area contributed by atoms with E-state index in [1.54, 1.807) is 4.90 Å². The predicted octanol–water partition coefficient (Wildman–Crippen LogP) is 4.10. The van der Waals surface area contributed by atoms with Crippen molar-refractivity contribution in [1.29, 1.82) is 0 Å². The standard InChI is InChI=1S/C24H31F3N6O2/c1-2-35-20-13-16-7-9-28-14-17(16)12-19(20)31-23-30-15-18(24(25,26)27)22(32-23)29-8-5-11-33-10-4-3-6-21(33)34/h12-13,15,28H,2-11,14H2,1H3,(H2,29,30,31,32). The van der Waals surface area contributed by atoms with Crippen molar-refractivity contribution in [1.82, 2.24) is 20.2 Å². The maximum atomic E-state index is 13.6. The maximum Gasteiger partial charge on any atom is 0.421 e. The van der Waals surface area contributed by atoms with Crippen LogP contribution >= 0.6 is 0 Å². The molecule has 11 heteroatoms. The highest BCUT2D eigenvalue weighted by Crippen LogP contribution is 2.36. The minimum Gasteiger partial charge on any atom is -0.492 e. The number of aromatic nitrogens is 2. The molecule has 1 saturated heterocycles. The first-order valence-electron chi connectivity index (χ1n) is 12.1. The summed E-state index contributed by atoms with van der Waals surface area (Å²) in [5.41, 5.74) is 1.95. The number of nitrogens with one attached hydrogen (secondary N) is 3. The molecule has 1 fully saturated rings. The van der Waals surface area contributed by atoms with Crippen LogP contribution in [-0.4, -0.2) is 53.6 Å². The first-order chi connectivity index (χ1) is 16.8. The Morgan fingerprint density at radius 1 is 1.20 bits per heavy atom. The molecule has 1 aromatic heterocycles. The Kier molecular flexibility index (Phi) is 7.94. The number of hydrogen-bond acceptors (Lipinski definition) is 7. The van der Waals surface area contributed by atoms with E-state index in [-0.39, 0.29) is 24.2 Å². The minimum atomic E-state index is -4.60. The molecule has 0 spiro atoms. The molecule has 0 radical (unpaired) electrons. The first-order valence-corrected chi connectivity index (χ1v) is 12.1. The Labute approximate surface area is 202 Å². The summed E-state index contributed by atoms with van der Waals surface area (Å²) in [6.45, 7) is 5.37. The summed E-state index contributed by atoms with van der Waals surface area (Å²) in [5.74, 6) is 0.456. The molecule has 0 atom stereocenters. The van der Waals surface area contributed by atoms with Crippen molar-refractivity contribution >= 4 is 23.4 Å². The van der Waals surface area contributed by atoms with Crippen molar-refractivity contribution in [3.05, 3.63) is 35.0 Å². The molecule has 0 bridgehead atoms. The number of carbonyl (C=O) groups is 1. The number of alkyl halides is 3. The summed E-state index contributed by atoms with van der Waals surface area (Å²) in [4.78, 5) is 21.8. The number of ether oxygens (including phenoxy) is 1. The van der Waals surface area contributed by atoms with Crippen LogP contribution in [0.3, 0.4) is 0 Å². The fourth-order valence-corrected chi connectivity index (χ4v) is 4.36. The normalized spacial score (nSPS) is 16.1. The lowest BCUT2D eigenvalue weighted by Gasteiger charge is -2.26. The summed E-state index contributed by atoms with van der Waals surface area (Å²) in [7, 11) is 0. The number of hydrogen-bond donors (Lipinski definition) is 3. The Morgan fingerprint density at radius 2 is 2.06 bits per heavy atom. The smallest absolute Gasteiger partial charge is 0.421 e. The van der Waals surface area contributed by atoms with Gasteiger partial charge >= 0.3 is 6.18 Å². The quantitative estimate of drug-likeness (QED) is 0.454. The average molecular weight is 493 g/mol. The molecule has 1 amide bonds. The second-order valence-corrected chi connectivity index (χ2v) is 8.67. The molecular formula is C24H31F3N6O2. The molecule has 0 aliphatic carbocycles. The van der Waals surface area contributed by atoms with Crippen LogP contribution in [0.15, 0.2) is 18.3 Å². The van der Waals surface area contributed by atoms with Gasteiger partial charge < -0.3 is 25.6 Å². The molecule has 0 unspecified atom stereocenters. The van der Waals surface area contributed by atoms with Gasteiger partial charge in [-0.1, -0.05) is 0 Å². The predicted molar refractivity (Wildman–Crippen MR) is 127 cm³/mol. The van der Waals surface area contributed by atoms with Gasteiger partial charge in [0.25, 0.3) is 0 Å². The highest BCUT2D eigenvalue weighted by molar-refractivity contribution is 5.76. The number of fused-ring (bicyclic) bond motifs is 1. The molecule has 1 aromatic carbocycles. The van der Waals surface area contributed by atoms with Crippen LogP contribution in [0.4, 0.5) is 30.6 Å². The van der Waals surface area contributed by atoms with Gasteiger partial charge in [0.2, 0.25) is 11.9 Å². The Balaban J connectivity index is 1.50. The third kappa shape index (κ3) is 6.33. The summed E-state index contributed by atoms with van der Waals surface area (Å²) in [6, 6.07) is 3.89. The summed E-state index contributed by atoms with van der Waals surface area (Å²) >= 11 is 0. The Hall–Kier alpha value is -3.08. The van der Waals surface area contributed by atoms with E-state index in [9.17, 15) is 18.0 Å². The van der Waals surface area contributed by atoms with Crippen molar-refractivity contribution in [2.24, 2.45) is 0 Å². The number of carbonyl (C=O) groups excluding carboxylic acids is 1. The summed E-state index contributed by atoms with van der Waals surface area (Å²) in [6.07, 6.45) is -0.0314. The molecule has 4 rings (SSSR count). The highest BCUT2D eigenvalue weighted by Gasteiger charge is 2.35. The van der Waals surface area contributed by atoms with Gasteiger partial charge in [-0.3, -0.25) is 4.79 Å². The van der Waals surface area contributed by atoms with Gasteiger partial charge in [0.15, 0.2) is 0 Å². The van der Waals surface area contributed by atoms with E-state index < -0.39 is 11.7 Å². The number of benzene rings is 1. The van der Waals surface area contributed by atoms with E-state index in [1.807, 2.05) is 19.1 Å². The van der Waals surface area contributed by atoms with E-state index in [1.165, 1.54) is 5.56 Å². The second-order valence-electron chi connectivity index (χ2n) is 8.67. The van der Waals surface area contributed by atoms with E-state index in [2.05, 4.69) is 25.9 Å². The molecule has 8 nitrogen and oxygen atoms in total. The number of likely N-dealkylation sites (tertiary alicyclic amines) is 1. The van der Waals surface area contributed by atoms with Crippen LogP contribution in [0.1, 0.15) is 49.3 Å². The zero-order valence-electron chi connectivity index (χ0n) is 19.8. The van der Waals surface area contributed by atoms with Crippen molar-refractivity contribution in [2.45, 2.75) is 51.7 Å². The number of amides is 1. The van der Waals surface area contributed by atoms with Crippen molar-refractivity contribution < 1.29 is 22.7 Å². The van der Waals surface area contributed by atoms with Gasteiger partial charge in [0.05, 0.1) is 12.3 Å². The molecule has 190 valence electrons. The van der Waals surface area contributed by atoms with Gasteiger partial charge in [-0.15, -0.1) is 0 Å². The van der Waals surface area contributed by atoms with Gasteiger partial charge in [-0.2, -0.15) is 18.2 Å². The number of rotatable bonds is 9. The number of anilines is 3. The summed E-state index contributed by atoms with van der Waals surface area (Å²) in [5, 5.41) is 9.15. The SMILES string of the molecule is CCOc1cc2c(cc1Nc1ncc(C(F)(F)F)c(NCCCN3CCCCC3=O)n1)CNCC2. The fourth-order valence-electron chi connectivity index (χ4n) is 4.36. The maximum absolute atomic E-state index is 13.6. The molecule has 2 aliphatic heterocycles. The second kappa shape index (κ2) is 11.1. The van der Waals surface area contributed by atoms with E-state index in [4.69, 9.17) is 4.74 Å². The van der Waals surface area contributed by atoms with Crippen molar-refractivity contribution in [3.8, 4) is 5.75 Å². The molecule has 0 saturated carbocycles. The molecule has 2 aliphatic rings. The lowest BCUT2D eigenvalue weighted by molar-refractivity contribution is -0.137. The third-order valence-electron chi connectivity index (χ3n) is 6.15. The first kappa shape index (κ1) is 25.0. The van der Waals surface area contributed by atoms with Gasteiger partial charge in [0.1, 0.15) is 17.1 Å². The monoisotopic (exact) mass is 492 g/mol. The number of piperidine rings is 1. The van der Waals surface area contributed by atoms with E-state index in [0.29, 0.717) is 50.5 Å². The fraction of sp³-hybridized carbons (Fsp3) is 0.542. The highest BCUT2D eigenvalue weighted by atomic mass is 19.4. The van der Waals surface area contributed by atoms with E-state index >= 15 is 0 Å². The lowest BCUT2D eigenvalue weighted by Crippen LogP contribution is -2.36. The molecular weight excluding hydrogens is 461 g/mol. The summed E-state index contributed by atoms with van der Waals surface area (Å²) < 4.78 is 46.5. The average Bonchev–Trinajstić information content (AvgIpc) is 2.83. The number of nitrogens with zero attached hydrogens (tertiary/aromatic N) is 3. The lowest BCUT2D eigenvalue weighted by atomic mass is 10.00. The van der Waals surface area contributed by atoms with Crippen LogP contribution in [0.5, 0.6) is 5.75 Å². The molecule has 2 aromatic rings. The topological polar surface area (TPSA) is 91.4 Å². The van der Waals surface area contributed by atoms with Crippen LogP contribution in [0.2, 0.25) is 0 Å². The zero-order chi connectivity index (χ0) is 24.8. The minimum absolute atomic E-state index is 0.0383.